The summed E-state index contributed by atoms with van der Waals surface area (Å²) in [4.78, 5) is 36.3. The lowest BCUT2D eigenvalue weighted by Crippen LogP contribution is -2.31. The van der Waals surface area contributed by atoms with E-state index in [4.69, 9.17) is 16.7 Å². The predicted octanol–water partition coefficient (Wildman–Crippen LogP) is 4.04. The maximum absolute atomic E-state index is 14.9. The minimum atomic E-state index is -1.23. The number of aryl methyl sites for hydroxylation is 1. The lowest BCUT2D eigenvalue weighted by Gasteiger charge is -2.09. The molecule has 0 fully saturated rings. The summed E-state index contributed by atoms with van der Waals surface area (Å²) in [5, 5.41) is 21.4. The van der Waals surface area contributed by atoms with Crippen molar-refractivity contribution < 1.29 is 33.4 Å². The number of aromatic nitrogens is 1. The monoisotopic (exact) mass is 478 g/mol. The van der Waals surface area contributed by atoms with Crippen LogP contribution in [0.15, 0.2) is 30.3 Å². The van der Waals surface area contributed by atoms with Crippen LogP contribution in [0.2, 0.25) is 5.02 Å². The molecular formula is C23H21ClF2N2O5. The summed E-state index contributed by atoms with van der Waals surface area (Å²) >= 11 is 5.87. The van der Waals surface area contributed by atoms with Gasteiger partial charge in [0.25, 0.3) is 5.91 Å². The molecule has 3 aromatic rings. The zero-order valence-corrected chi connectivity index (χ0v) is 18.5. The number of rotatable bonds is 7. The number of nitrogens with one attached hydrogen (secondary N) is 1. The molecule has 0 aliphatic carbocycles. The summed E-state index contributed by atoms with van der Waals surface area (Å²) in [6.45, 7) is 2.89. The Morgan fingerprint density at radius 3 is 2.42 bits per heavy atom. The van der Waals surface area contributed by atoms with E-state index in [9.17, 15) is 28.3 Å². The fourth-order valence-corrected chi connectivity index (χ4v) is 3.65. The van der Waals surface area contributed by atoms with E-state index >= 15 is 0 Å². The number of benzene rings is 2. The Morgan fingerprint density at radius 2 is 1.82 bits per heavy atom. The van der Waals surface area contributed by atoms with Crippen molar-refractivity contribution in [2.45, 2.75) is 26.7 Å². The molecule has 0 aliphatic heterocycles. The van der Waals surface area contributed by atoms with Gasteiger partial charge in [0.15, 0.2) is 17.4 Å². The minimum Gasteiger partial charge on any atom is -0.503 e. The molecule has 3 N–H and O–H groups in total. The van der Waals surface area contributed by atoms with E-state index < -0.39 is 41.1 Å². The van der Waals surface area contributed by atoms with Gasteiger partial charge in [-0.25, -0.2) is 8.78 Å². The van der Waals surface area contributed by atoms with Crippen LogP contribution in [0.3, 0.4) is 0 Å². The van der Waals surface area contributed by atoms with Crippen molar-refractivity contribution >= 4 is 40.3 Å². The van der Waals surface area contributed by atoms with E-state index in [2.05, 4.69) is 5.32 Å². The number of amides is 1. The molecule has 1 atom stereocenters. The Labute approximate surface area is 192 Å². The zero-order chi connectivity index (χ0) is 24.4. The van der Waals surface area contributed by atoms with E-state index in [-0.39, 0.29) is 47.1 Å². The summed E-state index contributed by atoms with van der Waals surface area (Å²) < 4.78 is 30.2. The first kappa shape index (κ1) is 24.2. The summed E-state index contributed by atoms with van der Waals surface area (Å²) in [5.41, 5.74) is 0.664. The Bertz CT molecular complexity index is 1250. The lowest BCUT2D eigenvalue weighted by atomic mass is 10.0. The van der Waals surface area contributed by atoms with Crippen molar-refractivity contribution in [3.8, 4) is 5.75 Å². The second-order valence-corrected chi connectivity index (χ2v) is 8.11. The second-order valence-electron chi connectivity index (χ2n) is 7.67. The third-order valence-electron chi connectivity index (χ3n) is 5.41. The number of carbonyl (C=O) groups is 3. The zero-order valence-electron chi connectivity index (χ0n) is 17.8. The van der Waals surface area contributed by atoms with Gasteiger partial charge in [-0.15, -0.1) is 0 Å². The van der Waals surface area contributed by atoms with Crippen molar-refractivity contribution in [2.75, 3.05) is 6.54 Å². The third-order valence-corrected chi connectivity index (χ3v) is 5.66. The van der Waals surface area contributed by atoms with Crippen LogP contribution in [0.1, 0.15) is 35.0 Å². The van der Waals surface area contributed by atoms with Crippen molar-refractivity contribution in [3.05, 3.63) is 63.8 Å². The largest absolute Gasteiger partial charge is 0.503 e. The molecule has 0 saturated carbocycles. The minimum absolute atomic E-state index is 0.0293. The van der Waals surface area contributed by atoms with Gasteiger partial charge in [0.1, 0.15) is 0 Å². The molecule has 1 aromatic heterocycles. The predicted molar refractivity (Wildman–Crippen MR) is 118 cm³/mol. The SMILES string of the molecule is Cc1c(CCC(=O)NC[C@H](C)C(=O)O)c2c(F)c(O)c(F)cc2n1C(=O)c1ccc(Cl)cc1. The number of fused-ring (bicyclic) bond motifs is 1. The molecule has 0 unspecified atom stereocenters. The molecule has 2 aromatic carbocycles. The van der Waals surface area contributed by atoms with Crippen LogP contribution in [-0.4, -0.2) is 39.1 Å². The molecule has 10 heteroatoms. The number of hydrogen-bond acceptors (Lipinski definition) is 4. The van der Waals surface area contributed by atoms with Gasteiger partial charge in [0.2, 0.25) is 5.91 Å². The van der Waals surface area contributed by atoms with E-state index in [0.717, 1.165) is 10.6 Å². The first-order valence-corrected chi connectivity index (χ1v) is 10.4. The van der Waals surface area contributed by atoms with Gasteiger partial charge >= 0.3 is 5.97 Å². The van der Waals surface area contributed by atoms with E-state index in [1.54, 1.807) is 0 Å². The Hall–Kier alpha value is -3.46. The van der Waals surface area contributed by atoms with Crippen LogP contribution in [0.5, 0.6) is 5.75 Å². The summed E-state index contributed by atoms with van der Waals surface area (Å²) in [7, 11) is 0. The molecule has 1 heterocycles. The first-order chi connectivity index (χ1) is 15.5. The topological polar surface area (TPSA) is 109 Å². The van der Waals surface area contributed by atoms with Crippen LogP contribution in [-0.2, 0) is 16.0 Å². The standard InChI is InChI=1S/C23H21ClF2N2O5/c1-11(23(32)33)10-27-18(29)8-7-15-12(2)28(22(31)13-3-5-14(24)6-4-13)17-9-16(25)21(30)20(26)19(15)17/h3-6,9,11,30H,7-8,10H2,1-2H3,(H,27,29)(H,32,33)/t11-/m0/s1. The molecule has 0 bridgehead atoms. The number of halogens is 3. The molecule has 0 radical (unpaired) electrons. The lowest BCUT2D eigenvalue weighted by molar-refractivity contribution is -0.141. The number of carboxylic acids is 1. The molecular weight excluding hydrogens is 458 g/mol. The van der Waals surface area contributed by atoms with Gasteiger partial charge in [0, 0.05) is 40.7 Å². The van der Waals surface area contributed by atoms with E-state index in [1.165, 1.54) is 38.1 Å². The normalized spacial score (nSPS) is 12.0. The van der Waals surface area contributed by atoms with E-state index in [0.29, 0.717) is 5.02 Å². The maximum Gasteiger partial charge on any atom is 0.308 e. The number of hydrogen-bond donors (Lipinski definition) is 3. The number of phenolic OH excluding ortho intramolecular Hbond substituents is 1. The first-order valence-electron chi connectivity index (χ1n) is 10.0. The molecule has 3 rings (SSSR count). The average molecular weight is 479 g/mol. The van der Waals surface area contributed by atoms with Crippen LogP contribution < -0.4 is 5.32 Å². The second kappa shape index (κ2) is 9.58. The molecule has 33 heavy (non-hydrogen) atoms. The van der Waals surface area contributed by atoms with Gasteiger partial charge in [-0.2, -0.15) is 0 Å². The molecule has 0 spiro atoms. The molecule has 174 valence electrons. The highest BCUT2D eigenvalue weighted by molar-refractivity contribution is 6.30. The highest BCUT2D eigenvalue weighted by Crippen LogP contribution is 2.35. The van der Waals surface area contributed by atoms with Gasteiger partial charge in [-0.05, 0) is 43.2 Å². The average Bonchev–Trinajstić information content (AvgIpc) is 3.05. The highest BCUT2D eigenvalue weighted by Gasteiger charge is 2.26. The fourth-order valence-electron chi connectivity index (χ4n) is 3.53. The number of aliphatic carboxylic acids is 1. The van der Waals surface area contributed by atoms with Crippen LogP contribution >= 0.6 is 11.6 Å². The van der Waals surface area contributed by atoms with Crippen molar-refractivity contribution in [1.29, 1.82) is 0 Å². The van der Waals surface area contributed by atoms with Gasteiger partial charge in [-0.1, -0.05) is 18.5 Å². The number of carbonyl (C=O) groups excluding carboxylic acids is 2. The Morgan fingerprint density at radius 1 is 1.18 bits per heavy atom. The van der Waals surface area contributed by atoms with Gasteiger partial charge in [-0.3, -0.25) is 19.0 Å². The van der Waals surface area contributed by atoms with Gasteiger partial charge < -0.3 is 15.5 Å². The Balaban J connectivity index is 2.01. The van der Waals surface area contributed by atoms with E-state index in [1.807, 2.05) is 0 Å². The number of carboxylic acid groups (broad SMARTS) is 1. The number of nitrogens with zero attached hydrogens (tertiary/aromatic N) is 1. The maximum atomic E-state index is 14.9. The van der Waals surface area contributed by atoms with Crippen molar-refractivity contribution in [1.82, 2.24) is 9.88 Å². The van der Waals surface area contributed by atoms with Crippen molar-refractivity contribution in [3.63, 3.8) is 0 Å². The van der Waals surface area contributed by atoms with Crippen molar-refractivity contribution in [2.24, 2.45) is 5.92 Å². The quantitative estimate of drug-likeness (QED) is 0.475. The Kier molecular flexibility index (Phi) is 7.02. The third kappa shape index (κ3) is 4.83. The number of phenols is 1. The molecule has 0 aliphatic rings. The highest BCUT2D eigenvalue weighted by atomic mass is 35.5. The van der Waals surface area contributed by atoms with Gasteiger partial charge in [0.05, 0.1) is 11.4 Å². The number of aromatic hydroxyl groups is 1. The molecule has 1 amide bonds. The summed E-state index contributed by atoms with van der Waals surface area (Å²) in [5.74, 6) is -6.52. The smallest absolute Gasteiger partial charge is 0.308 e. The fraction of sp³-hybridized carbons (Fsp3) is 0.261. The van der Waals surface area contributed by atoms with Crippen LogP contribution in [0.4, 0.5) is 8.78 Å². The molecule has 0 saturated heterocycles. The summed E-state index contributed by atoms with van der Waals surface area (Å²) in [6.07, 6.45) is -0.169. The summed E-state index contributed by atoms with van der Waals surface area (Å²) in [6, 6.07) is 6.82. The van der Waals surface area contributed by atoms with Crippen LogP contribution in [0, 0.1) is 24.5 Å². The molecule has 7 nitrogen and oxygen atoms in total. The van der Waals surface area contributed by atoms with Crippen LogP contribution in [0.25, 0.3) is 10.9 Å².